The molecule has 1 aromatic rings. The molecule has 0 aliphatic carbocycles. The van der Waals surface area contributed by atoms with Crippen LogP contribution < -0.4 is 4.72 Å². The number of benzene rings is 1. The van der Waals surface area contributed by atoms with Crippen LogP contribution in [0.2, 0.25) is 0 Å². The summed E-state index contributed by atoms with van der Waals surface area (Å²) in [5, 5.41) is 3.36. The van der Waals surface area contributed by atoms with Gasteiger partial charge in [-0.2, -0.15) is 0 Å². The van der Waals surface area contributed by atoms with Gasteiger partial charge in [-0.05, 0) is 24.6 Å². The number of sulfonamides is 1. The maximum absolute atomic E-state index is 12.1. The lowest BCUT2D eigenvalue weighted by Gasteiger charge is -2.15. The molecule has 0 bridgehead atoms. The summed E-state index contributed by atoms with van der Waals surface area (Å²) in [4.78, 5) is 2.77. The normalized spacial score (nSPS) is 12.7. The van der Waals surface area contributed by atoms with Gasteiger partial charge < -0.3 is 4.74 Å². The van der Waals surface area contributed by atoms with Gasteiger partial charge in [-0.3, -0.25) is 0 Å². The Morgan fingerprint density at radius 2 is 2.05 bits per heavy atom. The zero-order valence-corrected chi connectivity index (χ0v) is 11.6. The number of ether oxygens (including phenoxy) is 1. The quantitative estimate of drug-likeness (QED) is 0.467. The first kappa shape index (κ1) is 15.5. The van der Waals surface area contributed by atoms with Gasteiger partial charge in [-0.25, -0.2) is 13.1 Å². The number of nitrogens with zero attached hydrogens (tertiary/aromatic N) is 3. The third-order valence-corrected chi connectivity index (χ3v) is 3.92. The van der Waals surface area contributed by atoms with E-state index in [1.54, 1.807) is 12.1 Å². The minimum absolute atomic E-state index is 0.00453. The van der Waals surface area contributed by atoms with Gasteiger partial charge in [-0.1, -0.05) is 22.8 Å². The largest absolute Gasteiger partial charge is 0.383 e. The van der Waals surface area contributed by atoms with E-state index >= 15 is 0 Å². The fraction of sp³-hybridized carbons (Fsp3) is 0.455. The smallest absolute Gasteiger partial charge is 0.240 e. The van der Waals surface area contributed by atoms with Crippen LogP contribution in [0.1, 0.15) is 5.56 Å². The summed E-state index contributed by atoms with van der Waals surface area (Å²) < 4.78 is 31.5. The van der Waals surface area contributed by atoms with Crippen molar-refractivity contribution in [3.63, 3.8) is 0 Å². The van der Waals surface area contributed by atoms with Crippen molar-refractivity contribution >= 4 is 10.0 Å². The molecule has 0 aliphatic heterocycles. The first-order chi connectivity index (χ1) is 8.99. The van der Waals surface area contributed by atoms with Gasteiger partial charge >= 0.3 is 0 Å². The second-order valence-electron chi connectivity index (χ2n) is 4.00. The zero-order valence-electron chi connectivity index (χ0n) is 10.8. The Hall–Kier alpha value is -1.60. The summed E-state index contributed by atoms with van der Waals surface area (Å²) in [7, 11) is -2.19. The molecule has 19 heavy (non-hydrogen) atoms. The zero-order chi connectivity index (χ0) is 14.3. The van der Waals surface area contributed by atoms with Crippen molar-refractivity contribution in [1.82, 2.24) is 4.72 Å². The molecule has 8 heteroatoms. The Kier molecular flexibility index (Phi) is 5.78. The van der Waals surface area contributed by atoms with Gasteiger partial charge in [0.2, 0.25) is 10.0 Å². The minimum atomic E-state index is -3.64. The fourth-order valence-corrected chi connectivity index (χ4v) is 2.68. The van der Waals surface area contributed by atoms with Crippen LogP contribution >= 0.6 is 0 Å². The summed E-state index contributed by atoms with van der Waals surface area (Å²) in [5.41, 5.74) is 9.24. The molecule has 0 heterocycles. The van der Waals surface area contributed by atoms with Crippen LogP contribution in [-0.2, 0) is 14.8 Å². The van der Waals surface area contributed by atoms with Crippen molar-refractivity contribution in [2.24, 2.45) is 5.11 Å². The predicted molar refractivity (Wildman–Crippen MR) is 71.2 cm³/mol. The number of methoxy groups -OCH3 is 1. The lowest BCUT2D eigenvalue weighted by atomic mass is 10.2. The van der Waals surface area contributed by atoms with Gasteiger partial charge in [0.1, 0.15) is 0 Å². The maximum Gasteiger partial charge on any atom is 0.240 e. The van der Waals surface area contributed by atoms with Crippen LogP contribution in [0.5, 0.6) is 0 Å². The molecule has 0 aliphatic rings. The fourth-order valence-electron chi connectivity index (χ4n) is 1.47. The van der Waals surface area contributed by atoms with Crippen molar-refractivity contribution < 1.29 is 13.2 Å². The predicted octanol–water partition coefficient (Wildman–Crippen LogP) is 1.60. The summed E-state index contributed by atoms with van der Waals surface area (Å²) in [6.45, 7) is 2.00. The number of hydrogen-bond donors (Lipinski definition) is 1. The molecule has 1 rings (SSSR count). The van der Waals surface area contributed by atoms with Crippen LogP contribution in [-0.4, -0.2) is 34.7 Å². The van der Waals surface area contributed by atoms with Gasteiger partial charge in [0, 0.05) is 18.6 Å². The molecule has 7 nitrogen and oxygen atoms in total. The van der Waals surface area contributed by atoms with E-state index in [1.165, 1.54) is 19.2 Å². The lowest BCUT2D eigenvalue weighted by molar-refractivity contribution is 0.177. The summed E-state index contributed by atoms with van der Waals surface area (Å²) in [6, 6.07) is 5.89. The highest BCUT2D eigenvalue weighted by atomic mass is 32.2. The van der Waals surface area contributed by atoms with Crippen LogP contribution in [0, 0.1) is 6.92 Å². The number of aryl methyl sites for hydroxylation is 1. The van der Waals surface area contributed by atoms with Gasteiger partial charge in [0.15, 0.2) is 0 Å². The number of hydrogen-bond acceptors (Lipinski definition) is 4. The molecule has 0 saturated heterocycles. The SMILES string of the molecule is COCC(CN=[N+]=[N-])NS(=O)(=O)c1ccc(C)cc1. The number of azide groups is 1. The van der Waals surface area contributed by atoms with Crippen LogP contribution in [0.4, 0.5) is 0 Å². The topological polar surface area (TPSA) is 104 Å². The molecule has 0 fully saturated rings. The highest BCUT2D eigenvalue weighted by molar-refractivity contribution is 7.89. The van der Waals surface area contributed by atoms with Crippen LogP contribution in [0.15, 0.2) is 34.3 Å². The van der Waals surface area contributed by atoms with Gasteiger partial charge in [0.05, 0.1) is 17.5 Å². The van der Waals surface area contributed by atoms with E-state index in [0.717, 1.165) is 5.56 Å². The molecular weight excluding hydrogens is 268 g/mol. The first-order valence-electron chi connectivity index (χ1n) is 5.58. The van der Waals surface area contributed by atoms with Crippen molar-refractivity contribution in [2.75, 3.05) is 20.3 Å². The Bertz CT molecular complexity index is 550. The van der Waals surface area contributed by atoms with E-state index in [-0.39, 0.29) is 18.0 Å². The molecule has 0 amide bonds. The lowest BCUT2D eigenvalue weighted by Crippen LogP contribution is -2.40. The third kappa shape index (κ3) is 4.88. The Morgan fingerprint density at radius 1 is 1.42 bits per heavy atom. The summed E-state index contributed by atoms with van der Waals surface area (Å²) in [6.07, 6.45) is 0. The number of rotatable bonds is 7. The van der Waals surface area contributed by atoms with E-state index in [2.05, 4.69) is 14.7 Å². The van der Waals surface area contributed by atoms with E-state index in [1.807, 2.05) is 6.92 Å². The summed E-state index contributed by atoms with van der Waals surface area (Å²) >= 11 is 0. The average molecular weight is 284 g/mol. The standard InChI is InChI=1S/C11H16N4O3S/c1-9-3-5-11(6-4-9)19(16,17)14-10(8-18-2)7-13-15-12/h3-6,10,14H,7-8H2,1-2H3. The van der Waals surface area contributed by atoms with Crippen molar-refractivity contribution in [3.8, 4) is 0 Å². The first-order valence-corrected chi connectivity index (χ1v) is 7.06. The molecule has 0 saturated carbocycles. The molecule has 104 valence electrons. The summed E-state index contributed by atoms with van der Waals surface area (Å²) in [5.74, 6) is 0. The van der Waals surface area contributed by atoms with Crippen molar-refractivity contribution in [3.05, 3.63) is 40.3 Å². The second-order valence-corrected chi connectivity index (χ2v) is 5.71. The second kappa shape index (κ2) is 7.10. The molecule has 1 N–H and O–H groups in total. The number of nitrogens with one attached hydrogen (secondary N) is 1. The van der Waals surface area contributed by atoms with E-state index in [4.69, 9.17) is 10.3 Å². The van der Waals surface area contributed by atoms with E-state index in [9.17, 15) is 8.42 Å². The molecular formula is C11H16N4O3S. The van der Waals surface area contributed by atoms with E-state index < -0.39 is 16.1 Å². The van der Waals surface area contributed by atoms with Crippen LogP contribution in [0.25, 0.3) is 10.4 Å². The highest BCUT2D eigenvalue weighted by Crippen LogP contribution is 2.10. The Morgan fingerprint density at radius 3 is 2.58 bits per heavy atom. The van der Waals surface area contributed by atoms with Crippen LogP contribution in [0.3, 0.4) is 0 Å². The Balaban J connectivity index is 2.86. The van der Waals surface area contributed by atoms with Gasteiger partial charge in [-0.15, -0.1) is 0 Å². The van der Waals surface area contributed by atoms with Crippen molar-refractivity contribution in [2.45, 2.75) is 17.9 Å². The Labute approximate surface area is 112 Å². The molecule has 1 atom stereocenters. The van der Waals surface area contributed by atoms with E-state index in [0.29, 0.717) is 0 Å². The molecule has 0 spiro atoms. The monoisotopic (exact) mass is 284 g/mol. The van der Waals surface area contributed by atoms with Gasteiger partial charge in [0.25, 0.3) is 0 Å². The third-order valence-electron chi connectivity index (χ3n) is 2.39. The molecule has 1 aromatic carbocycles. The molecule has 0 radical (unpaired) electrons. The maximum atomic E-state index is 12.1. The highest BCUT2D eigenvalue weighted by Gasteiger charge is 2.19. The minimum Gasteiger partial charge on any atom is -0.383 e. The molecule has 0 aromatic heterocycles. The van der Waals surface area contributed by atoms with Crippen molar-refractivity contribution in [1.29, 1.82) is 0 Å². The average Bonchev–Trinajstić information content (AvgIpc) is 2.36. The molecule has 1 unspecified atom stereocenters.